The van der Waals surface area contributed by atoms with E-state index in [0.29, 0.717) is 10.8 Å². The van der Waals surface area contributed by atoms with Crippen LogP contribution in [0.1, 0.15) is 18.6 Å². The molecular weight excluding hydrogens is 176 g/mol. The van der Waals surface area contributed by atoms with Crippen molar-refractivity contribution in [1.29, 1.82) is 0 Å². The van der Waals surface area contributed by atoms with Crippen molar-refractivity contribution < 1.29 is 9.84 Å². The maximum absolute atomic E-state index is 9.24. The van der Waals surface area contributed by atoms with Gasteiger partial charge in [0.2, 0.25) is 0 Å². The fraction of sp³-hybridized carbons (Fsp3) is 0.333. The van der Waals surface area contributed by atoms with Crippen molar-refractivity contribution in [2.24, 2.45) is 0 Å². The molecule has 0 unspecified atom stereocenters. The first-order valence-corrected chi connectivity index (χ1v) is 4.04. The Hall–Kier alpha value is -0.730. The van der Waals surface area contributed by atoms with Crippen molar-refractivity contribution in [3.63, 3.8) is 0 Å². The lowest BCUT2D eigenvalue weighted by molar-refractivity contribution is 0.199. The molecule has 0 saturated heterocycles. The summed E-state index contributed by atoms with van der Waals surface area (Å²) >= 11 is 5.86. The van der Waals surface area contributed by atoms with Gasteiger partial charge in [0.1, 0.15) is 5.75 Å². The summed E-state index contributed by atoms with van der Waals surface area (Å²) < 4.78 is 4.96. The van der Waals surface area contributed by atoms with E-state index >= 15 is 0 Å². The van der Waals surface area contributed by atoms with E-state index in [1.54, 1.807) is 32.2 Å². The molecule has 1 rings (SSSR count). The Labute approximate surface area is 76.7 Å². The molecule has 0 aliphatic carbocycles. The summed E-state index contributed by atoms with van der Waals surface area (Å²) in [7, 11) is 1.58. The largest absolute Gasteiger partial charge is 0.497 e. The summed E-state index contributed by atoms with van der Waals surface area (Å²) in [6.45, 7) is 1.67. The molecular formula is C9H11ClO2. The zero-order chi connectivity index (χ0) is 9.14. The molecule has 2 nitrogen and oxygen atoms in total. The minimum Gasteiger partial charge on any atom is -0.497 e. The maximum Gasteiger partial charge on any atom is 0.120 e. The Morgan fingerprint density at radius 3 is 2.58 bits per heavy atom. The van der Waals surface area contributed by atoms with Gasteiger partial charge in [0, 0.05) is 0 Å². The number of ether oxygens (including phenoxy) is 1. The predicted molar refractivity (Wildman–Crippen MR) is 48.6 cm³/mol. The van der Waals surface area contributed by atoms with Gasteiger partial charge in [0.05, 0.1) is 18.2 Å². The molecule has 0 spiro atoms. The Morgan fingerprint density at radius 1 is 1.50 bits per heavy atom. The van der Waals surface area contributed by atoms with Crippen LogP contribution in [0.3, 0.4) is 0 Å². The molecule has 0 saturated carbocycles. The van der Waals surface area contributed by atoms with Crippen LogP contribution < -0.4 is 4.74 Å². The fourth-order valence-electron chi connectivity index (χ4n) is 0.974. The van der Waals surface area contributed by atoms with Gasteiger partial charge in [-0.3, -0.25) is 0 Å². The van der Waals surface area contributed by atoms with Crippen LogP contribution in [0.25, 0.3) is 0 Å². The second kappa shape index (κ2) is 3.78. The maximum atomic E-state index is 9.24. The molecule has 1 atom stereocenters. The SMILES string of the molecule is COc1ccc([C@H](C)O)c(Cl)c1. The van der Waals surface area contributed by atoms with E-state index in [0.717, 1.165) is 5.56 Å². The molecule has 12 heavy (non-hydrogen) atoms. The minimum atomic E-state index is -0.539. The number of hydrogen-bond donors (Lipinski definition) is 1. The summed E-state index contributed by atoms with van der Waals surface area (Å²) in [6.07, 6.45) is -0.539. The molecule has 0 aliphatic heterocycles. The highest BCUT2D eigenvalue weighted by atomic mass is 35.5. The monoisotopic (exact) mass is 186 g/mol. The van der Waals surface area contributed by atoms with Gasteiger partial charge in [-0.15, -0.1) is 0 Å². The van der Waals surface area contributed by atoms with Crippen molar-refractivity contribution in [1.82, 2.24) is 0 Å². The van der Waals surface area contributed by atoms with E-state index in [2.05, 4.69) is 0 Å². The molecule has 3 heteroatoms. The number of halogens is 1. The molecule has 0 bridgehead atoms. The average Bonchev–Trinajstić information content (AvgIpc) is 2.03. The Kier molecular flexibility index (Phi) is 2.95. The van der Waals surface area contributed by atoms with Crippen LogP contribution in [0, 0.1) is 0 Å². The Morgan fingerprint density at radius 2 is 2.17 bits per heavy atom. The van der Waals surface area contributed by atoms with Gasteiger partial charge in [-0.05, 0) is 24.6 Å². The van der Waals surface area contributed by atoms with Gasteiger partial charge in [-0.1, -0.05) is 17.7 Å². The van der Waals surface area contributed by atoms with Crippen molar-refractivity contribution >= 4 is 11.6 Å². The van der Waals surface area contributed by atoms with Gasteiger partial charge in [0.15, 0.2) is 0 Å². The summed E-state index contributed by atoms with van der Waals surface area (Å²) in [5.74, 6) is 0.699. The molecule has 0 heterocycles. The Bertz CT molecular complexity index is 271. The van der Waals surface area contributed by atoms with E-state index in [1.165, 1.54) is 0 Å². The standard InChI is InChI=1S/C9H11ClO2/c1-6(11)8-4-3-7(12-2)5-9(8)10/h3-6,11H,1-2H3/t6-/m0/s1. The molecule has 1 aromatic carbocycles. The summed E-state index contributed by atoms with van der Waals surface area (Å²) in [5.41, 5.74) is 0.720. The minimum absolute atomic E-state index is 0.532. The van der Waals surface area contributed by atoms with E-state index in [-0.39, 0.29) is 0 Å². The van der Waals surface area contributed by atoms with Gasteiger partial charge in [0.25, 0.3) is 0 Å². The third-order valence-electron chi connectivity index (χ3n) is 1.66. The highest BCUT2D eigenvalue weighted by Crippen LogP contribution is 2.26. The smallest absolute Gasteiger partial charge is 0.120 e. The number of benzene rings is 1. The van der Waals surface area contributed by atoms with Crippen molar-refractivity contribution in [3.8, 4) is 5.75 Å². The molecule has 0 aromatic heterocycles. The van der Waals surface area contributed by atoms with E-state index in [1.807, 2.05) is 0 Å². The second-order valence-electron chi connectivity index (χ2n) is 2.56. The third-order valence-corrected chi connectivity index (χ3v) is 1.99. The van der Waals surface area contributed by atoms with E-state index < -0.39 is 6.10 Å². The van der Waals surface area contributed by atoms with Gasteiger partial charge in [-0.25, -0.2) is 0 Å². The second-order valence-corrected chi connectivity index (χ2v) is 2.97. The van der Waals surface area contributed by atoms with Gasteiger partial charge in [-0.2, -0.15) is 0 Å². The lowest BCUT2D eigenvalue weighted by atomic mass is 10.1. The number of rotatable bonds is 2. The topological polar surface area (TPSA) is 29.5 Å². The van der Waals surface area contributed by atoms with Crippen LogP contribution in [0.2, 0.25) is 5.02 Å². The van der Waals surface area contributed by atoms with Crippen LogP contribution in [-0.4, -0.2) is 12.2 Å². The first-order chi connectivity index (χ1) is 5.65. The number of aliphatic hydroxyl groups excluding tert-OH is 1. The quantitative estimate of drug-likeness (QED) is 0.769. The number of aliphatic hydroxyl groups is 1. The first-order valence-electron chi connectivity index (χ1n) is 3.66. The van der Waals surface area contributed by atoms with Crippen molar-refractivity contribution in [2.75, 3.05) is 7.11 Å². The lowest BCUT2D eigenvalue weighted by Crippen LogP contribution is -1.92. The first kappa shape index (κ1) is 9.36. The van der Waals surface area contributed by atoms with Gasteiger partial charge >= 0.3 is 0 Å². The molecule has 0 aliphatic rings. The molecule has 66 valence electrons. The highest BCUT2D eigenvalue weighted by molar-refractivity contribution is 6.31. The Balaban J connectivity index is 3.03. The zero-order valence-corrected chi connectivity index (χ0v) is 7.80. The summed E-state index contributed by atoms with van der Waals surface area (Å²) in [6, 6.07) is 5.21. The van der Waals surface area contributed by atoms with Crippen molar-refractivity contribution in [2.45, 2.75) is 13.0 Å². The lowest BCUT2D eigenvalue weighted by Gasteiger charge is -2.08. The molecule has 1 aromatic rings. The zero-order valence-electron chi connectivity index (χ0n) is 7.04. The predicted octanol–water partition coefficient (Wildman–Crippen LogP) is 2.40. The van der Waals surface area contributed by atoms with E-state index in [4.69, 9.17) is 16.3 Å². The van der Waals surface area contributed by atoms with Crippen LogP contribution >= 0.6 is 11.6 Å². The normalized spacial score (nSPS) is 12.7. The number of methoxy groups -OCH3 is 1. The highest BCUT2D eigenvalue weighted by Gasteiger charge is 2.06. The van der Waals surface area contributed by atoms with Crippen molar-refractivity contribution in [3.05, 3.63) is 28.8 Å². The van der Waals surface area contributed by atoms with E-state index in [9.17, 15) is 5.11 Å². The summed E-state index contributed by atoms with van der Waals surface area (Å²) in [4.78, 5) is 0. The average molecular weight is 187 g/mol. The van der Waals surface area contributed by atoms with Crippen LogP contribution in [0.5, 0.6) is 5.75 Å². The fourth-order valence-corrected chi connectivity index (χ4v) is 1.30. The van der Waals surface area contributed by atoms with Crippen LogP contribution in [0.15, 0.2) is 18.2 Å². The summed E-state index contributed by atoms with van der Waals surface area (Å²) in [5, 5.41) is 9.77. The molecule has 0 radical (unpaired) electrons. The molecule has 0 amide bonds. The van der Waals surface area contributed by atoms with Crippen LogP contribution in [-0.2, 0) is 0 Å². The van der Waals surface area contributed by atoms with Gasteiger partial charge < -0.3 is 9.84 Å². The van der Waals surface area contributed by atoms with Crippen LogP contribution in [0.4, 0.5) is 0 Å². The molecule has 1 N–H and O–H groups in total. The number of hydrogen-bond acceptors (Lipinski definition) is 2. The third kappa shape index (κ3) is 1.90. The molecule has 0 fully saturated rings.